The van der Waals surface area contributed by atoms with Gasteiger partial charge in [-0.05, 0) is 32.0 Å². The summed E-state index contributed by atoms with van der Waals surface area (Å²) in [5.41, 5.74) is 1.84. The molecule has 0 amide bonds. The van der Waals surface area contributed by atoms with Crippen molar-refractivity contribution >= 4 is 28.8 Å². The summed E-state index contributed by atoms with van der Waals surface area (Å²) < 4.78 is 14.3. The third-order valence-corrected chi connectivity index (χ3v) is 5.77. The van der Waals surface area contributed by atoms with E-state index in [4.69, 9.17) is 9.47 Å². The molecule has 3 heterocycles. The normalized spacial score (nSPS) is 11.0. The van der Waals surface area contributed by atoms with Crippen LogP contribution in [0.3, 0.4) is 0 Å². The zero-order chi connectivity index (χ0) is 27.9. The number of anilines is 4. The number of aromatic nitrogens is 6. The number of ketones is 1. The number of aryl methyl sites for hydroxylation is 1. The number of pyridine rings is 1. The number of carbonyl (C=O) groups is 1. The average Bonchev–Trinajstić information content (AvgIpc) is 3.35. The third kappa shape index (κ3) is 6.65. The molecule has 12 heteroatoms. The molecule has 0 aliphatic carbocycles. The Morgan fingerprint density at radius 1 is 1.10 bits per heavy atom. The van der Waals surface area contributed by atoms with Gasteiger partial charge >= 0.3 is 5.69 Å². The van der Waals surface area contributed by atoms with Crippen LogP contribution in [0.2, 0.25) is 0 Å². The fourth-order valence-corrected chi connectivity index (χ4v) is 3.87. The Hall–Kier alpha value is -4.58. The monoisotopic (exact) mass is 532 g/mol. The number of benzene rings is 1. The van der Waals surface area contributed by atoms with Gasteiger partial charge in [-0.1, -0.05) is 13.0 Å². The highest BCUT2D eigenvalue weighted by atomic mass is 16.5. The highest BCUT2D eigenvalue weighted by Gasteiger charge is 2.18. The third-order valence-electron chi connectivity index (χ3n) is 5.77. The van der Waals surface area contributed by atoms with E-state index >= 15 is 0 Å². The molecule has 1 aromatic carbocycles. The van der Waals surface area contributed by atoms with Crippen molar-refractivity contribution in [3.63, 3.8) is 0 Å². The van der Waals surface area contributed by atoms with E-state index in [0.29, 0.717) is 65.3 Å². The number of para-hydroxylation sites is 1. The highest BCUT2D eigenvalue weighted by Crippen LogP contribution is 2.37. The smallest absolute Gasteiger partial charge is 0.349 e. The predicted molar refractivity (Wildman–Crippen MR) is 148 cm³/mol. The lowest BCUT2D eigenvalue weighted by atomic mass is 10.1. The first-order chi connectivity index (χ1) is 18.8. The van der Waals surface area contributed by atoms with E-state index in [1.165, 1.54) is 10.8 Å². The first-order valence-electron chi connectivity index (χ1n) is 12.6. The fourth-order valence-electron chi connectivity index (χ4n) is 3.87. The Morgan fingerprint density at radius 2 is 1.92 bits per heavy atom. The van der Waals surface area contributed by atoms with Gasteiger partial charge in [0, 0.05) is 31.9 Å². The molecule has 0 saturated heterocycles. The maximum atomic E-state index is 12.7. The molecule has 0 atom stereocenters. The van der Waals surface area contributed by atoms with Crippen molar-refractivity contribution < 1.29 is 14.3 Å². The Kier molecular flexibility index (Phi) is 8.67. The van der Waals surface area contributed by atoms with Crippen molar-refractivity contribution in [3.05, 3.63) is 65.1 Å². The van der Waals surface area contributed by atoms with E-state index in [-0.39, 0.29) is 11.9 Å². The first kappa shape index (κ1) is 27.5. The molecule has 0 aliphatic rings. The summed E-state index contributed by atoms with van der Waals surface area (Å²) in [5.74, 6) is 1.69. The molecule has 0 radical (unpaired) electrons. The van der Waals surface area contributed by atoms with Gasteiger partial charge in [-0.25, -0.2) is 14.8 Å². The minimum absolute atomic E-state index is 0.0811. The van der Waals surface area contributed by atoms with Gasteiger partial charge in [-0.3, -0.25) is 14.0 Å². The molecule has 2 N–H and O–H groups in total. The molecule has 0 aliphatic heterocycles. The number of nitrogens with zero attached hydrogens (tertiary/aromatic N) is 6. The molecule has 39 heavy (non-hydrogen) atoms. The molecule has 204 valence electrons. The lowest BCUT2D eigenvalue weighted by Crippen LogP contribution is -2.25. The van der Waals surface area contributed by atoms with Gasteiger partial charge in [-0.15, -0.1) is 0 Å². The maximum Gasteiger partial charge on any atom is 0.349 e. The van der Waals surface area contributed by atoms with Gasteiger partial charge in [0.15, 0.2) is 17.4 Å². The number of carbonyl (C=O) groups excluding carboxylic acids is 1. The molecule has 12 nitrogen and oxygen atoms in total. The van der Waals surface area contributed by atoms with Crippen LogP contribution in [0.1, 0.15) is 37.6 Å². The molecule has 0 spiro atoms. The first-order valence-corrected chi connectivity index (χ1v) is 12.6. The molecule has 0 unspecified atom stereocenters. The van der Waals surface area contributed by atoms with Gasteiger partial charge in [0.1, 0.15) is 18.0 Å². The average molecular weight is 533 g/mol. The summed E-state index contributed by atoms with van der Waals surface area (Å²) in [7, 11) is 3.35. The van der Waals surface area contributed by atoms with Crippen LogP contribution in [0.25, 0.3) is 11.4 Å². The SMILES string of the molecule is CCC(=O)c1cnc(Nc2ccn(CCOC(C)C)c(=O)n2)cc1Nc1cccc(-c2ncn(C)n2)c1OC. The number of hydrogen-bond donors (Lipinski definition) is 2. The van der Waals surface area contributed by atoms with E-state index < -0.39 is 5.69 Å². The second-order valence-electron chi connectivity index (χ2n) is 8.98. The summed E-state index contributed by atoms with van der Waals surface area (Å²) in [6.45, 7) is 6.48. The standard InChI is InChI=1S/C27H32N8O4/c1-6-22(36)19-15-28-24(31-23-10-11-35(27(37)32-23)12-13-39-17(2)3)14-21(19)30-20-9-7-8-18(25(20)38-5)26-29-16-34(4)33-26/h7-11,14-17H,6,12-13H2,1-5H3,(H2,28,30,31,32,37). The number of hydrogen-bond acceptors (Lipinski definition) is 10. The van der Waals surface area contributed by atoms with E-state index in [1.54, 1.807) is 50.4 Å². The predicted octanol–water partition coefficient (Wildman–Crippen LogP) is 3.95. The fraction of sp³-hybridized carbons (Fsp3) is 0.333. The van der Waals surface area contributed by atoms with E-state index in [1.807, 2.05) is 32.0 Å². The van der Waals surface area contributed by atoms with Crippen LogP contribution in [0.15, 0.2) is 53.8 Å². The Labute approximate surface area is 226 Å². The largest absolute Gasteiger partial charge is 0.494 e. The Morgan fingerprint density at radius 3 is 2.59 bits per heavy atom. The van der Waals surface area contributed by atoms with E-state index in [0.717, 1.165) is 0 Å². The molecule has 4 aromatic rings. The van der Waals surface area contributed by atoms with Crippen LogP contribution in [0.5, 0.6) is 5.75 Å². The van der Waals surface area contributed by atoms with Crippen molar-refractivity contribution in [1.82, 2.24) is 29.3 Å². The minimum Gasteiger partial charge on any atom is -0.494 e. The van der Waals surface area contributed by atoms with Crippen molar-refractivity contribution in [1.29, 1.82) is 0 Å². The van der Waals surface area contributed by atoms with Crippen molar-refractivity contribution in [2.75, 3.05) is 24.4 Å². The topological polar surface area (TPSA) is 138 Å². The molecule has 0 bridgehead atoms. The maximum absolute atomic E-state index is 12.7. The van der Waals surface area contributed by atoms with Crippen molar-refractivity contribution in [2.45, 2.75) is 39.8 Å². The van der Waals surface area contributed by atoms with Gasteiger partial charge in [-0.2, -0.15) is 10.1 Å². The van der Waals surface area contributed by atoms with E-state index in [9.17, 15) is 9.59 Å². The summed E-state index contributed by atoms with van der Waals surface area (Å²) in [6, 6.07) is 8.92. The van der Waals surface area contributed by atoms with E-state index in [2.05, 4.69) is 30.7 Å². The number of rotatable bonds is 12. The summed E-state index contributed by atoms with van der Waals surface area (Å²) >= 11 is 0. The van der Waals surface area contributed by atoms with Crippen LogP contribution in [0, 0.1) is 0 Å². The zero-order valence-electron chi connectivity index (χ0n) is 22.6. The summed E-state index contributed by atoms with van der Waals surface area (Å²) in [6.07, 6.45) is 5.15. The molecule has 4 rings (SSSR count). The number of methoxy groups -OCH3 is 1. The van der Waals surface area contributed by atoms with Gasteiger partial charge < -0.3 is 20.1 Å². The summed E-state index contributed by atoms with van der Waals surface area (Å²) in [5, 5.41) is 10.7. The molecular formula is C27H32N8O4. The van der Waals surface area contributed by atoms with Gasteiger partial charge in [0.05, 0.1) is 48.9 Å². The summed E-state index contributed by atoms with van der Waals surface area (Å²) in [4.78, 5) is 38.0. The van der Waals surface area contributed by atoms with Crippen LogP contribution in [-0.2, 0) is 18.3 Å². The highest BCUT2D eigenvalue weighted by molar-refractivity contribution is 6.02. The lowest BCUT2D eigenvalue weighted by Gasteiger charge is -2.17. The van der Waals surface area contributed by atoms with Crippen LogP contribution >= 0.6 is 0 Å². The number of Topliss-reactive ketones (excluding diaryl/α,β-unsaturated/α-hetero) is 1. The number of nitrogens with one attached hydrogen (secondary N) is 2. The zero-order valence-corrected chi connectivity index (χ0v) is 22.6. The van der Waals surface area contributed by atoms with Crippen LogP contribution < -0.4 is 21.1 Å². The second-order valence-corrected chi connectivity index (χ2v) is 8.98. The molecule has 0 fully saturated rings. The molecular weight excluding hydrogens is 500 g/mol. The minimum atomic E-state index is -0.409. The number of ether oxygens (including phenoxy) is 2. The van der Waals surface area contributed by atoms with Crippen molar-refractivity contribution in [2.24, 2.45) is 7.05 Å². The molecule has 3 aromatic heterocycles. The van der Waals surface area contributed by atoms with Crippen LogP contribution in [0.4, 0.5) is 23.0 Å². The lowest BCUT2D eigenvalue weighted by molar-refractivity contribution is 0.0720. The Bertz CT molecular complexity index is 1510. The quantitative estimate of drug-likeness (QED) is 0.258. The van der Waals surface area contributed by atoms with Gasteiger partial charge in [0.25, 0.3) is 0 Å². The Balaban J connectivity index is 1.63. The molecule has 0 saturated carbocycles. The van der Waals surface area contributed by atoms with Gasteiger partial charge in [0.2, 0.25) is 0 Å². The van der Waals surface area contributed by atoms with Crippen LogP contribution in [-0.4, -0.2) is 54.9 Å². The second kappa shape index (κ2) is 12.3. The van der Waals surface area contributed by atoms with Crippen molar-refractivity contribution in [3.8, 4) is 17.1 Å².